The predicted octanol–water partition coefficient (Wildman–Crippen LogP) is 4.95. The van der Waals surface area contributed by atoms with Gasteiger partial charge in [-0.25, -0.2) is 0 Å². The van der Waals surface area contributed by atoms with Crippen LogP contribution < -0.4 is 14.2 Å². The van der Waals surface area contributed by atoms with Gasteiger partial charge in [-0.2, -0.15) is 28.3 Å². The molecular formula is C24H21F3N4O4S. The molecule has 0 fully saturated rings. The molecule has 2 aromatic carbocycles. The van der Waals surface area contributed by atoms with E-state index in [4.69, 9.17) is 19.6 Å². The average molecular weight is 519 g/mol. The van der Waals surface area contributed by atoms with Crippen molar-refractivity contribution in [2.24, 2.45) is 10.1 Å². The number of rotatable bonds is 7. The van der Waals surface area contributed by atoms with Crippen LogP contribution >= 0.6 is 11.8 Å². The zero-order chi connectivity index (χ0) is 26.0. The van der Waals surface area contributed by atoms with Gasteiger partial charge in [-0.05, 0) is 72.6 Å². The van der Waals surface area contributed by atoms with E-state index >= 15 is 0 Å². The number of amidine groups is 2. The van der Waals surface area contributed by atoms with Crippen molar-refractivity contribution in [1.29, 1.82) is 5.41 Å². The summed E-state index contributed by atoms with van der Waals surface area (Å²) in [6, 6.07) is 10.7. The Bertz CT molecular complexity index is 1300. The maximum absolute atomic E-state index is 13.0. The van der Waals surface area contributed by atoms with Crippen LogP contribution in [-0.2, 0) is 4.79 Å². The quantitative estimate of drug-likeness (QED) is 0.412. The topological polar surface area (TPSA) is 96.6 Å². The summed E-state index contributed by atoms with van der Waals surface area (Å²) in [6.07, 6.45) is -3.36. The number of hydrogen-bond donors (Lipinski definition) is 1. The molecule has 2 aromatic rings. The van der Waals surface area contributed by atoms with Gasteiger partial charge in [0.25, 0.3) is 5.91 Å². The molecule has 0 radical (unpaired) electrons. The number of carbonyl (C=O) groups excluding carboxylic acids is 1. The Morgan fingerprint density at radius 1 is 1.06 bits per heavy atom. The van der Waals surface area contributed by atoms with Crippen LogP contribution in [0.15, 0.2) is 52.1 Å². The Morgan fingerprint density at radius 3 is 2.42 bits per heavy atom. The molecule has 12 heteroatoms. The monoisotopic (exact) mass is 518 g/mol. The number of aryl methyl sites for hydroxylation is 2. The summed E-state index contributed by atoms with van der Waals surface area (Å²) < 4.78 is 55.8. The molecule has 2 heterocycles. The number of hydrazone groups is 1. The van der Waals surface area contributed by atoms with E-state index in [9.17, 15) is 18.0 Å². The molecule has 8 nitrogen and oxygen atoms in total. The first-order chi connectivity index (χ1) is 17.0. The molecule has 2 aliphatic heterocycles. The SMILES string of the molecule is COc1cc(/C=C2\C(=N)N3N=C(C(F)(F)F)SC3=NC2=O)ccc1OCCOc1cc(C)cc(C)c1. The van der Waals surface area contributed by atoms with Gasteiger partial charge in [0, 0.05) is 0 Å². The fourth-order valence-electron chi connectivity index (χ4n) is 3.49. The van der Waals surface area contributed by atoms with Crippen molar-refractivity contribution in [2.75, 3.05) is 20.3 Å². The third-order valence-electron chi connectivity index (χ3n) is 5.00. The molecule has 1 N–H and O–H groups in total. The van der Waals surface area contributed by atoms with Crippen LogP contribution in [0.5, 0.6) is 17.2 Å². The maximum atomic E-state index is 13.0. The number of nitrogens with zero attached hydrogens (tertiary/aromatic N) is 3. The zero-order valence-corrected chi connectivity index (χ0v) is 20.3. The molecule has 0 aromatic heterocycles. The lowest BCUT2D eigenvalue weighted by molar-refractivity contribution is -0.114. The van der Waals surface area contributed by atoms with Gasteiger partial charge in [-0.15, -0.1) is 0 Å². The summed E-state index contributed by atoms with van der Waals surface area (Å²) in [6.45, 7) is 4.53. The number of amides is 1. The van der Waals surface area contributed by atoms with Crippen molar-refractivity contribution >= 4 is 39.8 Å². The van der Waals surface area contributed by atoms with Gasteiger partial charge < -0.3 is 14.2 Å². The second-order valence-corrected chi connectivity index (χ2v) is 8.81. The molecule has 0 saturated carbocycles. The predicted molar refractivity (Wildman–Crippen MR) is 131 cm³/mol. The highest BCUT2D eigenvalue weighted by Gasteiger charge is 2.46. The van der Waals surface area contributed by atoms with E-state index in [1.807, 2.05) is 26.0 Å². The van der Waals surface area contributed by atoms with Gasteiger partial charge in [-0.3, -0.25) is 10.2 Å². The summed E-state index contributed by atoms with van der Waals surface area (Å²) in [5.74, 6) is 0.214. The highest BCUT2D eigenvalue weighted by atomic mass is 32.2. The Hall–Kier alpha value is -3.80. The number of fused-ring (bicyclic) bond motifs is 1. The van der Waals surface area contributed by atoms with E-state index < -0.39 is 23.0 Å². The molecule has 0 atom stereocenters. The fourth-order valence-corrected chi connectivity index (χ4v) is 4.25. The Labute approximate surface area is 208 Å². The molecule has 188 valence electrons. The average Bonchev–Trinajstić information content (AvgIpc) is 3.24. The summed E-state index contributed by atoms with van der Waals surface area (Å²) in [5, 5.41) is 10.8. The number of aliphatic imine (C=N–C) groups is 1. The highest BCUT2D eigenvalue weighted by molar-refractivity contribution is 8.27. The molecule has 4 rings (SSSR count). The second kappa shape index (κ2) is 10.1. The van der Waals surface area contributed by atoms with E-state index in [2.05, 4.69) is 16.2 Å². The number of carbonyl (C=O) groups is 1. The maximum Gasteiger partial charge on any atom is 0.441 e. The van der Waals surface area contributed by atoms with Crippen molar-refractivity contribution in [2.45, 2.75) is 20.0 Å². The Kier molecular flexibility index (Phi) is 7.07. The lowest BCUT2D eigenvalue weighted by Gasteiger charge is -2.20. The molecule has 2 aliphatic rings. The van der Waals surface area contributed by atoms with Crippen molar-refractivity contribution in [3.8, 4) is 17.2 Å². The van der Waals surface area contributed by atoms with E-state index in [1.165, 1.54) is 13.2 Å². The zero-order valence-electron chi connectivity index (χ0n) is 19.5. The normalized spacial score (nSPS) is 16.6. The minimum absolute atomic E-state index is 0.200. The Balaban J connectivity index is 1.45. The van der Waals surface area contributed by atoms with E-state index in [1.54, 1.807) is 18.2 Å². The molecule has 0 bridgehead atoms. The molecule has 36 heavy (non-hydrogen) atoms. The van der Waals surface area contributed by atoms with Crippen LogP contribution in [0.2, 0.25) is 0 Å². The van der Waals surface area contributed by atoms with Crippen molar-refractivity contribution in [3.05, 3.63) is 58.7 Å². The molecule has 0 spiro atoms. The van der Waals surface area contributed by atoms with Gasteiger partial charge in [0.15, 0.2) is 17.3 Å². The molecule has 0 unspecified atom stereocenters. The van der Waals surface area contributed by atoms with E-state index in [-0.39, 0.29) is 29.1 Å². The lowest BCUT2D eigenvalue weighted by Crippen LogP contribution is -2.35. The molecular weight excluding hydrogens is 497 g/mol. The Morgan fingerprint density at radius 2 is 1.75 bits per heavy atom. The number of halogens is 3. The third-order valence-corrected chi connectivity index (χ3v) is 5.95. The summed E-state index contributed by atoms with van der Waals surface area (Å²) in [5.41, 5.74) is 2.45. The largest absolute Gasteiger partial charge is 0.493 e. The van der Waals surface area contributed by atoms with Crippen LogP contribution in [0.4, 0.5) is 13.2 Å². The first kappa shape index (κ1) is 25.3. The number of alkyl halides is 3. The smallest absolute Gasteiger partial charge is 0.441 e. The first-order valence-corrected chi connectivity index (χ1v) is 11.5. The van der Waals surface area contributed by atoms with Gasteiger partial charge in [0.05, 0.1) is 12.7 Å². The fraction of sp³-hybridized carbons (Fsp3) is 0.250. The summed E-state index contributed by atoms with van der Waals surface area (Å²) in [7, 11) is 1.45. The number of thioether (sulfide) groups is 1. The van der Waals surface area contributed by atoms with Crippen LogP contribution in [0.1, 0.15) is 16.7 Å². The standard InChI is InChI=1S/C24H21F3N4O4S/c1-13-8-14(2)10-16(9-13)34-6-7-35-18-5-4-15(12-19(18)33-3)11-17-20(28)31-23(29-21(17)32)36-22(30-31)24(25,26)27/h4-5,8-12,28H,6-7H2,1-3H3/b17-11+,28-20?. The molecule has 1 amide bonds. The summed E-state index contributed by atoms with van der Waals surface area (Å²) >= 11 is 0.200. The minimum atomic E-state index is -4.70. The number of nitrogens with one attached hydrogen (secondary N) is 1. The minimum Gasteiger partial charge on any atom is -0.493 e. The first-order valence-electron chi connectivity index (χ1n) is 10.6. The van der Waals surface area contributed by atoms with E-state index in [0.717, 1.165) is 16.9 Å². The highest BCUT2D eigenvalue weighted by Crippen LogP contribution is 2.36. The number of benzene rings is 2. The third kappa shape index (κ3) is 5.54. The van der Waals surface area contributed by atoms with Crippen molar-refractivity contribution in [3.63, 3.8) is 0 Å². The van der Waals surface area contributed by atoms with Gasteiger partial charge in [0.1, 0.15) is 19.0 Å². The summed E-state index contributed by atoms with van der Waals surface area (Å²) in [4.78, 5) is 16.1. The van der Waals surface area contributed by atoms with Crippen molar-refractivity contribution in [1.82, 2.24) is 5.01 Å². The lowest BCUT2D eigenvalue weighted by atomic mass is 10.1. The second-order valence-electron chi connectivity index (χ2n) is 7.85. The molecule has 0 saturated heterocycles. The van der Waals surface area contributed by atoms with Crippen LogP contribution in [0.25, 0.3) is 6.08 Å². The number of hydrogen-bond acceptors (Lipinski definition) is 7. The van der Waals surface area contributed by atoms with Gasteiger partial charge in [-0.1, -0.05) is 12.1 Å². The molecule has 0 aliphatic carbocycles. The number of ether oxygens (including phenoxy) is 3. The van der Waals surface area contributed by atoms with E-state index in [0.29, 0.717) is 28.7 Å². The van der Waals surface area contributed by atoms with Crippen LogP contribution in [0.3, 0.4) is 0 Å². The number of methoxy groups -OCH3 is 1. The van der Waals surface area contributed by atoms with Gasteiger partial charge in [0.2, 0.25) is 10.2 Å². The van der Waals surface area contributed by atoms with Crippen LogP contribution in [0, 0.1) is 19.3 Å². The van der Waals surface area contributed by atoms with Crippen molar-refractivity contribution < 1.29 is 32.2 Å². The van der Waals surface area contributed by atoms with Gasteiger partial charge >= 0.3 is 6.18 Å². The van der Waals surface area contributed by atoms with Crippen LogP contribution in [-0.4, -0.2) is 53.5 Å².